The van der Waals surface area contributed by atoms with Gasteiger partial charge in [-0.05, 0) is 42.5 Å². The van der Waals surface area contributed by atoms with Gasteiger partial charge < -0.3 is 9.80 Å². The van der Waals surface area contributed by atoms with Crippen LogP contribution in [0.15, 0.2) is 24.3 Å². The van der Waals surface area contributed by atoms with Crippen LogP contribution >= 0.6 is 0 Å². The van der Waals surface area contributed by atoms with Crippen molar-refractivity contribution in [3.8, 4) is 12.1 Å². The normalized spacial score (nSPS) is 25.2. The van der Waals surface area contributed by atoms with Crippen LogP contribution in [0.25, 0.3) is 0 Å². The van der Waals surface area contributed by atoms with Gasteiger partial charge in [0.1, 0.15) is 18.0 Å². The number of hydrogen-bond donors (Lipinski definition) is 0. The van der Waals surface area contributed by atoms with Crippen molar-refractivity contribution in [1.29, 1.82) is 10.5 Å². The van der Waals surface area contributed by atoms with Gasteiger partial charge in [-0.2, -0.15) is 10.5 Å². The average molecular weight is 430 g/mol. The van der Waals surface area contributed by atoms with E-state index < -0.39 is 10.8 Å². The molecule has 2 aromatic rings. The van der Waals surface area contributed by atoms with Gasteiger partial charge in [0.25, 0.3) is 0 Å². The predicted molar refractivity (Wildman–Crippen MR) is 114 cm³/mol. The van der Waals surface area contributed by atoms with E-state index in [0.717, 1.165) is 12.1 Å². The maximum atomic E-state index is 14.0. The van der Waals surface area contributed by atoms with E-state index in [4.69, 9.17) is 0 Å². The van der Waals surface area contributed by atoms with Crippen LogP contribution in [0.5, 0.6) is 0 Å². The highest BCUT2D eigenvalue weighted by molar-refractivity contribution is 5.91. The highest BCUT2D eigenvalue weighted by Gasteiger charge is 2.68. The first-order valence-corrected chi connectivity index (χ1v) is 10.9. The average Bonchev–Trinajstić information content (AvgIpc) is 3.19. The van der Waals surface area contributed by atoms with Crippen LogP contribution in [-0.4, -0.2) is 47.0 Å². The molecule has 1 aromatic carbocycles. The second kappa shape index (κ2) is 7.00. The Morgan fingerprint density at radius 2 is 1.69 bits per heavy atom. The summed E-state index contributed by atoms with van der Waals surface area (Å²) in [4.78, 5) is 27.1. The van der Waals surface area contributed by atoms with E-state index in [2.05, 4.69) is 28.7 Å². The summed E-state index contributed by atoms with van der Waals surface area (Å²) in [5, 5.41) is 18.9. The molecule has 3 aliphatic rings. The number of nitrogens with zero attached hydrogens (tertiary/aromatic N) is 6. The molecule has 1 aromatic heterocycles. The Morgan fingerprint density at radius 3 is 2.31 bits per heavy atom. The molecule has 2 fully saturated rings. The molecule has 32 heavy (non-hydrogen) atoms. The van der Waals surface area contributed by atoms with Gasteiger partial charge in [0.05, 0.1) is 16.8 Å². The zero-order valence-electron chi connectivity index (χ0n) is 18.1. The molecular weight excluding hydrogens is 407 g/mol. The van der Waals surface area contributed by atoms with Crippen LogP contribution in [-0.2, 0) is 10.2 Å². The van der Waals surface area contributed by atoms with E-state index in [1.165, 1.54) is 12.1 Å². The molecule has 2 bridgehead atoms. The molecule has 2 aliphatic carbocycles. The fourth-order valence-corrected chi connectivity index (χ4v) is 5.98. The minimum atomic E-state index is -0.836. The molecule has 8 heteroatoms. The molecule has 1 aliphatic heterocycles. The maximum Gasteiger partial charge on any atom is 0.235 e. The summed E-state index contributed by atoms with van der Waals surface area (Å²) in [6, 6.07) is 10.4. The van der Waals surface area contributed by atoms with E-state index in [-0.39, 0.29) is 29.0 Å². The number of nitriles is 2. The molecule has 5 rings (SSSR count). The molecule has 1 saturated carbocycles. The molecule has 1 amide bonds. The number of benzene rings is 1. The van der Waals surface area contributed by atoms with Crippen molar-refractivity contribution >= 4 is 11.6 Å². The summed E-state index contributed by atoms with van der Waals surface area (Å²) in [7, 11) is 0. The summed E-state index contributed by atoms with van der Waals surface area (Å²) in [6.45, 7) is 6.60. The van der Waals surface area contributed by atoms with Gasteiger partial charge in [-0.25, -0.2) is 14.4 Å². The van der Waals surface area contributed by atoms with E-state index in [1.807, 2.05) is 17.0 Å². The van der Waals surface area contributed by atoms with E-state index in [9.17, 15) is 19.7 Å². The Kier molecular flexibility index (Phi) is 4.46. The molecule has 2 heterocycles. The minimum absolute atomic E-state index is 0.0112. The molecule has 2 atom stereocenters. The largest absolute Gasteiger partial charge is 0.368 e. The lowest BCUT2D eigenvalue weighted by atomic mass is 9.67. The standard InChI is InChI=1S/C24H23FN6O/c1-23(2)17-7-8-24(23,21-20(17)28-18(13-26)19(14-27)29-21)22(32)31-11-9-30(10-12-31)16-5-3-15(25)4-6-16/h3-6,17H,7-12H2,1-2H3. The lowest BCUT2D eigenvalue weighted by molar-refractivity contribution is -0.141. The number of aromatic nitrogens is 2. The number of piperazine rings is 1. The van der Waals surface area contributed by atoms with Gasteiger partial charge in [0.2, 0.25) is 5.91 Å². The zero-order valence-corrected chi connectivity index (χ0v) is 18.1. The third-order valence-electron chi connectivity index (χ3n) is 7.77. The topological polar surface area (TPSA) is 96.9 Å². The lowest BCUT2D eigenvalue weighted by Crippen LogP contribution is -2.57. The van der Waals surface area contributed by atoms with Crippen molar-refractivity contribution in [2.75, 3.05) is 31.1 Å². The Morgan fingerprint density at radius 1 is 1.06 bits per heavy atom. The van der Waals surface area contributed by atoms with Crippen LogP contribution in [0, 0.1) is 33.9 Å². The van der Waals surface area contributed by atoms with Gasteiger partial charge in [-0.1, -0.05) is 13.8 Å². The third kappa shape index (κ3) is 2.59. The highest BCUT2D eigenvalue weighted by atomic mass is 19.1. The number of amides is 1. The molecule has 1 saturated heterocycles. The Hall–Kier alpha value is -3.52. The van der Waals surface area contributed by atoms with E-state index >= 15 is 0 Å². The van der Waals surface area contributed by atoms with Crippen molar-refractivity contribution in [3.63, 3.8) is 0 Å². The van der Waals surface area contributed by atoms with Gasteiger partial charge in [-0.15, -0.1) is 0 Å². The first-order valence-electron chi connectivity index (χ1n) is 10.9. The van der Waals surface area contributed by atoms with Gasteiger partial charge in [-0.3, -0.25) is 4.79 Å². The monoisotopic (exact) mass is 430 g/mol. The summed E-state index contributed by atoms with van der Waals surface area (Å²) >= 11 is 0. The molecule has 0 spiro atoms. The van der Waals surface area contributed by atoms with Crippen molar-refractivity contribution in [3.05, 3.63) is 52.9 Å². The Labute approximate surface area is 186 Å². The summed E-state index contributed by atoms with van der Waals surface area (Å²) in [6.07, 6.45) is 1.48. The van der Waals surface area contributed by atoms with Crippen molar-refractivity contribution in [1.82, 2.24) is 14.9 Å². The third-order valence-corrected chi connectivity index (χ3v) is 7.77. The smallest absolute Gasteiger partial charge is 0.235 e. The molecular formula is C24H23FN6O. The summed E-state index contributed by atoms with van der Waals surface area (Å²) < 4.78 is 13.3. The zero-order chi connectivity index (χ0) is 22.7. The molecule has 2 unspecified atom stereocenters. The lowest BCUT2D eigenvalue weighted by Gasteiger charge is -2.43. The number of rotatable bonds is 2. The number of anilines is 1. The number of hydrogen-bond acceptors (Lipinski definition) is 6. The van der Waals surface area contributed by atoms with E-state index in [1.54, 1.807) is 12.1 Å². The number of carbonyl (C=O) groups is 1. The van der Waals surface area contributed by atoms with Crippen LogP contribution in [0.4, 0.5) is 10.1 Å². The van der Waals surface area contributed by atoms with Crippen molar-refractivity contribution < 1.29 is 9.18 Å². The number of fused-ring (bicyclic) bond motifs is 5. The molecule has 162 valence electrons. The van der Waals surface area contributed by atoms with E-state index in [0.29, 0.717) is 44.0 Å². The van der Waals surface area contributed by atoms with Crippen molar-refractivity contribution in [2.45, 2.75) is 38.0 Å². The molecule has 0 N–H and O–H groups in total. The SMILES string of the molecule is CC1(C)C2CCC1(C(=O)N1CCN(c3ccc(F)cc3)CC1)c1nc(C#N)c(C#N)nc12. The molecule has 7 nitrogen and oxygen atoms in total. The summed E-state index contributed by atoms with van der Waals surface area (Å²) in [5.41, 5.74) is 1.01. The Balaban J connectivity index is 1.46. The molecule has 0 radical (unpaired) electrons. The minimum Gasteiger partial charge on any atom is -0.368 e. The predicted octanol–water partition coefficient (Wildman–Crippen LogP) is 2.86. The summed E-state index contributed by atoms with van der Waals surface area (Å²) in [5.74, 6) is -0.198. The van der Waals surface area contributed by atoms with Crippen molar-refractivity contribution in [2.24, 2.45) is 5.41 Å². The second-order valence-electron chi connectivity index (χ2n) is 9.35. The Bertz CT molecular complexity index is 1190. The fourth-order valence-electron chi connectivity index (χ4n) is 5.98. The maximum absolute atomic E-state index is 14.0. The first kappa shape index (κ1) is 20.4. The van der Waals surface area contributed by atoms with Gasteiger partial charge in [0.15, 0.2) is 11.4 Å². The van der Waals surface area contributed by atoms with Crippen LogP contribution < -0.4 is 4.90 Å². The van der Waals surface area contributed by atoms with Crippen LogP contribution in [0.3, 0.4) is 0 Å². The first-order chi connectivity index (χ1) is 15.3. The van der Waals surface area contributed by atoms with Crippen LogP contribution in [0.2, 0.25) is 0 Å². The van der Waals surface area contributed by atoms with Gasteiger partial charge >= 0.3 is 0 Å². The second-order valence-corrected chi connectivity index (χ2v) is 9.35. The number of halogens is 1. The number of carbonyl (C=O) groups excluding carboxylic acids is 1. The van der Waals surface area contributed by atoms with Gasteiger partial charge in [0, 0.05) is 37.8 Å². The van der Waals surface area contributed by atoms with Crippen LogP contribution in [0.1, 0.15) is 55.4 Å². The highest BCUT2D eigenvalue weighted by Crippen LogP contribution is 2.67. The fraction of sp³-hybridized carbons (Fsp3) is 0.458. The quantitative estimate of drug-likeness (QED) is 0.727.